The van der Waals surface area contributed by atoms with Gasteiger partial charge in [-0.2, -0.15) is 10.2 Å². The van der Waals surface area contributed by atoms with E-state index < -0.39 is 0 Å². The second-order valence-corrected chi connectivity index (χ2v) is 6.93. The summed E-state index contributed by atoms with van der Waals surface area (Å²) >= 11 is 0. The quantitative estimate of drug-likeness (QED) is 0.760. The first-order valence-corrected chi connectivity index (χ1v) is 8.95. The van der Waals surface area contributed by atoms with E-state index in [0.717, 1.165) is 25.1 Å². The summed E-state index contributed by atoms with van der Waals surface area (Å²) in [4.78, 5) is 20.0. The number of nitrogens with one attached hydrogen (secondary N) is 1. The van der Waals surface area contributed by atoms with Gasteiger partial charge in [-0.25, -0.2) is 9.67 Å². The van der Waals surface area contributed by atoms with Gasteiger partial charge in [0, 0.05) is 20.0 Å². The van der Waals surface area contributed by atoms with Gasteiger partial charge in [-0.1, -0.05) is 32.6 Å². The van der Waals surface area contributed by atoms with E-state index in [9.17, 15) is 10.0 Å². The molecule has 2 aromatic rings. The lowest BCUT2D eigenvalue weighted by atomic mass is 10.0. The van der Waals surface area contributed by atoms with E-state index in [0.29, 0.717) is 23.5 Å². The van der Waals surface area contributed by atoms with Crippen molar-refractivity contribution < 1.29 is 5.21 Å². The fraction of sp³-hybridized carbons (Fsp3) is 0.706. The number of rotatable bonds is 7. The average Bonchev–Trinajstić information content (AvgIpc) is 3.18. The van der Waals surface area contributed by atoms with E-state index in [1.165, 1.54) is 30.7 Å². The molecule has 1 aliphatic rings. The first-order valence-electron chi connectivity index (χ1n) is 8.95. The minimum absolute atomic E-state index is 0.103. The van der Waals surface area contributed by atoms with E-state index >= 15 is 0 Å². The molecular formula is C17H27N5O2. The monoisotopic (exact) mass is 333 g/mol. The molecule has 0 saturated heterocycles. The molecule has 1 atom stereocenters. The minimum atomic E-state index is -0.103. The topological polar surface area (TPSA) is 87.0 Å². The molecule has 2 heterocycles. The summed E-state index contributed by atoms with van der Waals surface area (Å²) in [6.45, 7) is 2.64. The summed E-state index contributed by atoms with van der Waals surface area (Å²) < 4.78 is 1.85. The lowest BCUT2D eigenvalue weighted by Crippen LogP contribution is -2.21. The highest BCUT2D eigenvalue weighted by Gasteiger charge is 2.20. The smallest absolute Gasteiger partial charge is 0.262 e. The molecule has 0 amide bonds. The third-order valence-corrected chi connectivity index (χ3v) is 5.07. The summed E-state index contributed by atoms with van der Waals surface area (Å²) in [6.07, 6.45) is 9.08. The zero-order valence-electron chi connectivity index (χ0n) is 14.5. The highest BCUT2D eigenvalue weighted by atomic mass is 16.5. The summed E-state index contributed by atoms with van der Waals surface area (Å²) in [7, 11) is 1.64. The number of fused-ring (bicyclic) bond motifs is 1. The molecule has 3 rings (SSSR count). The molecule has 2 N–H and O–H groups in total. The minimum Gasteiger partial charge on any atom is -0.314 e. The molecule has 1 fully saturated rings. The molecule has 1 unspecified atom stereocenters. The van der Waals surface area contributed by atoms with Crippen molar-refractivity contribution in [1.82, 2.24) is 24.8 Å². The Labute approximate surface area is 141 Å². The number of hydroxylamine groups is 2. The Morgan fingerprint density at radius 3 is 2.88 bits per heavy atom. The van der Waals surface area contributed by atoms with Crippen molar-refractivity contribution in [3.05, 3.63) is 22.4 Å². The maximum atomic E-state index is 12.4. The third-order valence-electron chi connectivity index (χ3n) is 5.07. The molecule has 132 valence electrons. The van der Waals surface area contributed by atoms with E-state index in [2.05, 4.69) is 17.0 Å². The van der Waals surface area contributed by atoms with Gasteiger partial charge in [0.1, 0.15) is 11.2 Å². The zero-order chi connectivity index (χ0) is 17.1. The number of hydrogen-bond acceptors (Lipinski definition) is 5. The normalized spacial score (nSPS) is 17.2. The van der Waals surface area contributed by atoms with Crippen LogP contribution in [-0.4, -0.2) is 43.6 Å². The van der Waals surface area contributed by atoms with Gasteiger partial charge >= 0.3 is 0 Å². The van der Waals surface area contributed by atoms with Crippen molar-refractivity contribution >= 4 is 11.0 Å². The zero-order valence-corrected chi connectivity index (χ0v) is 14.5. The highest BCUT2D eigenvalue weighted by Crippen LogP contribution is 2.27. The Hall–Kier alpha value is -1.73. The maximum Gasteiger partial charge on any atom is 0.262 e. The molecule has 2 aromatic heterocycles. The van der Waals surface area contributed by atoms with Crippen molar-refractivity contribution in [3.8, 4) is 0 Å². The van der Waals surface area contributed by atoms with Gasteiger partial charge in [0.15, 0.2) is 5.65 Å². The Kier molecular flexibility index (Phi) is 5.30. The fourth-order valence-corrected chi connectivity index (χ4v) is 3.67. The van der Waals surface area contributed by atoms with Crippen LogP contribution in [0.25, 0.3) is 11.0 Å². The molecule has 0 spiro atoms. The lowest BCUT2D eigenvalue weighted by molar-refractivity contribution is -0.0679. The second-order valence-electron chi connectivity index (χ2n) is 6.93. The molecule has 0 bridgehead atoms. The van der Waals surface area contributed by atoms with E-state index in [1.54, 1.807) is 13.2 Å². The molecule has 0 aromatic carbocycles. The summed E-state index contributed by atoms with van der Waals surface area (Å²) in [5.74, 6) is 1.40. The average molecular weight is 333 g/mol. The largest absolute Gasteiger partial charge is 0.314 e. The van der Waals surface area contributed by atoms with Crippen LogP contribution >= 0.6 is 0 Å². The van der Waals surface area contributed by atoms with E-state index in [4.69, 9.17) is 4.98 Å². The van der Waals surface area contributed by atoms with Crippen LogP contribution in [0.2, 0.25) is 0 Å². The van der Waals surface area contributed by atoms with Gasteiger partial charge in [-0.3, -0.25) is 4.79 Å². The fourth-order valence-electron chi connectivity index (χ4n) is 3.67. The molecule has 0 aliphatic heterocycles. The number of nitrogens with zero attached hydrogens (tertiary/aromatic N) is 4. The first-order chi connectivity index (χ1) is 11.6. The molecule has 7 nitrogen and oxygen atoms in total. The Balaban J connectivity index is 1.90. The van der Waals surface area contributed by atoms with Crippen LogP contribution in [0.4, 0.5) is 0 Å². The molecule has 24 heavy (non-hydrogen) atoms. The lowest BCUT2D eigenvalue weighted by Gasteiger charge is -2.18. The molecule has 1 aliphatic carbocycles. The van der Waals surface area contributed by atoms with Crippen molar-refractivity contribution in [2.24, 2.45) is 5.92 Å². The standard InChI is InChI=1S/C17H27N5O2/c1-3-13(8-9-21(2)24)22-16-14(11-18-22)17(23)20-15(19-16)10-12-6-4-5-7-12/h11-13,24H,3-10H2,1-2H3,(H,19,20,23). The Bertz CT molecular complexity index is 730. The van der Waals surface area contributed by atoms with Crippen molar-refractivity contribution in [2.75, 3.05) is 13.6 Å². The molecule has 1 saturated carbocycles. The van der Waals surface area contributed by atoms with Crippen LogP contribution in [0.5, 0.6) is 0 Å². The summed E-state index contributed by atoms with van der Waals surface area (Å²) in [5.41, 5.74) is 0.563. The number of aromatic nitrogens is 4. The van der Waals surface area contributed by atoms with E-state index in [1.807, 2.05) is 4.68 Å². The van der Waals surface area contributed by atoms with Crippen molar-refractivity contribution in [3.63, 3.8) is 0 Å². The number of H-pyrrole nitrogens is 1. The van der Waals surface area contributed by atoms with Gasteiger partial charge in [-0.15, -0.1) is 0 Å². The number of hydrogen-bond donors (Lipinski definition) is 2. The van der Waals surface area contributed by atoms with Crippen LogP contribution in [0.15, 0.2) is 11.0 Å². The van der Waals surface area contributed by atoms with Gasteiger partial charge in [0.2, 0.25) is 0 Å². The maximum absolute atomic E-state index is 12.4. The van der Waals surface area contributed by atoms with Gasteiger partial charge < -0.3 is 10.2 Å². The Morgan fingerprint density at radius 2 is 2.21 bits per heavy atom. The van der Waals surface area contributed by atoms with Gasteiger partial charge in [-0.05, 0) is 18.8 Å². The predicted molar refractivity (Wildman–Crippen MR) is 92.2 cm³/mol. The van der Waals surface area contributed by atoms with Crippen LogP contribution in [0, 0.1) is 5.92 Å². The van der Waals surface area contributed by atoms with Crippen molar-refractivity contribution in [1.29, 1.82) is 0 Å². The summed E-state index contributed by atoms with van der Waals surface area (Å²) in [5, 5.41) is 15.5. The first kappa shape index (κ1) is 17.1. The van der Waals surface area contributed by atoms with Crippen LogP contribution in [0.3, 0.4) is 0 Å². The van der Waals surface area contributed by atoms with Crippen LogP contribution in [0.1, 0.15) is 57.3 Å². The predicted octanol–water partition coefficient (Wildman–Crippen LogP) is 2.51. The van der Waals surface area contributed by atoms with E-state index in [-0.39, 0.29) is 11.6 Å². The third kappa shape index (κ3) is 3.67. The van der Waals surface area contributed by atoms with Gasteiger partial charge in [0.25, 0.3) is 5.56 Å². The second kappa shape index (κ2) is 7.44. The Morgan fingerprint density at radius 1 is 1.46 bits per heavy atom. The van der Waals surface area contributed by atoms with Crippen LogP contribution < -0.4 is 5.56 Å². The number of aromatic amines is 1. The molecule has 7 heteroatoms. The summed E-state index contributed by atoms with van der Waals surface area (Å²) in [6, 6.07) is 0.116. The highest BCUT2D eigenvalue weighted by molar-refractivity contribution is 5.73. The van der Waals surface area contributed by atoms with Crippen molar-refractivity contribution in [2.45, 2.75) is 57.9 Å². The molecular weight excluding hydrogens is 306 g/mol. The molecule has 0 radical (unpaired) electrons. The van der Waals surface area contributed by atoms with Crippen LogP contribution in [-0.2, 0) is 6.42 Å². The SMILES string of the molecule is CCC(CCN(C)O)n1ncc2c(=O)[nH]c(CC3CCCC3)nc21. The van der Waals surface area contributed by atoms with Gasteiger partial charge in [0.05, 0.1) is 12.2 Å².